The minimum atomic E-state index is -0.306. The highest BCUT2D eigenvalue weighted by molar-refractivity contribution is 4.81. The Balaban J connectivity index is 0. The Labute approximate surface area is 128 Å². The monoisotopic (exact) mass is 310 g/mol. The van der Waals surface area contributed by atoms with Gasteiger partial charge in [-0.1, -0.05) is 33.1 Å². The summed E-state index contributed by atoms with van der Waals surface area (Å²) in [6, 6.07) is 0. The highest BCUT2D eigenvalue weighted by Gasteiger charge is 2.30. The lowest BCUT2D eigenvalue weighted by molar-refractivity contribution is 0.0234. The van der Waals surface area contributed by atoms with E-state index in [0.717, 1.165) is 12.8 Å². The maximum atomic E-state index is 8.98. The molecule has 0 aromatic rings. The van der Waals surface area contributed by atoms with Crippen LogP contribution in [0.2, 0.25) is 0 Å². The second-order valence-corrected chi connectivity index (χ2v) is 6.30. The van der Waals surface area contributed by atoms with E-state index in [4.69, 9.17) is 30.6 Å². The summed E-state index contributed by atoms with van der Waals surface area (Å²) >= 11 is 0. The molecule has 1 rings (SSSR count). The predicted octanol–water partition coefficient (Wildman–Crippen LogP) is -0.110. The van der Waals surface area contributed by atoms with Crippen LogP contribution in [0, 0.1) is 10.8 Å². The summed E-state index contributed by atoms with van der Waals surface area (Å²) in [6.07, 6.45) is 5.60. The molecule has 0 aromatic carbocycles. The molecule has 0 bridgehead atoms. The van der Waals surface area contributed by atoms with Gasteiger partial charge in [0.2, 0.25) is 0 Å². The van der Waals surface area contributed by atoms with Crippen molar-refractivity contribution in [2.45, 2.75) is 46.0 Å². The van der Waals surface area contributed by atoms with Crippen molar-refractivity contribution in [3.8, 4) is 0 Å². The molecule has 0 aromatic heterocycles. The number of aliphatic hydroxyl groups is 6. The molecule has 0 saturated heterocycles. The molecular weight excluding hydrogens is 276 g/mol. The normalized spacial score (nSPS) is 17.1. The van der Waals surface area contributed by atoms with E-state index in [1.807, 2.05) is 0 Å². The number of aliphatic hydroxyl groups excluding tert-OH is 6. The first kappa shape index (κ1) is 23.0. The van der Waals surface area contributed by atoms with Gasteiger partial charge < -0.3 is 30.6 Å². The van der Waals surface area contributed by atoms with Crippen LogP contribution in [0.3, 0.4) is 0 Å². The second kappa shape index (κ2) is 13.4. The van der Waals surface area contributed by atoms with Gasteiger partial charge in [-0.2, -0.15) is 0 Å². The Morgan fingerprint density at radius 2 is 1.10 bits per heavy atom. The quantitative estimate of drug-likeness (QED) is 0.421. The van der Waals surface area contributed by atoms with Crippen LogP contribution in [-0.4, -0.2) is 70.3 Å². The average molecular weight is 310 g/mol. The first-order chi connectivity index (χ1) is 9.86. The molecule has 0 spiro atoms. The zero-order valence-electron chi connectivity index (χ0n) is 13.5. The Hall–Kier alpha value is -0.240. The molecule has 1 aliphatic carbocycles. The van der Waals surface area contributed by atoms with Crippen molar-refractivity contribution < 1.29 is 30.6 Å². The third kappa shape index (κ3) is 12.0. The van der Waals surface area contributed by atoms with E-state index >= 15 is 0 Å². The average Bonchev–Trinajstić information content (AvgIpc) is 2.56. The number of rotatable bonds is 5. The number of hydrogen-bond acceptors (Lipinski definition) is 6. The van der Waals surface area contributed by atoms with Gasteiger partial charge >= 0.3 is 0 Å². The molecule has 0 aliphatic heterocycles. The van der Waals surface area contributed by atoms with Gasteiger partial charge in [-0.3, -0.25) is 0 Å². The highest BCUT2D eigenvalue weighted by atomic mass is 16.3. The fraction of sp³-hybridized carbons (Fsp3) is 1.00. The summed E-state index contributed by atoms with van der Waals surface area (Å²) in [5.74, 6) is 0. The van der Waals surface area contributed by atoms with E-state index in [2.05, 4.69) is 0 Å². The summed E-state index contributed by atoms with van der Waals surface area (Å²) < 4.78 is 0. The molecular formula is C15H34O6. The Bertz CT molecular complexity index is 200. The van der Waals surface area contributed by atoms with Crippen LogP contribution in [0.25, 0.3) is 0 Å². The topological polar surface area (TPSA) is 121 Å². The molecule has 130 valence electrons. The van der Waals surface area contributed by atoms with Gasteiger partial charge in [0.15, 0.2) is 0 Å². The van der Waals surface area contributed by atoms with Gasteiger partial charge in [-0.05, 0) is 12.8 Å². The lowest BCUT2D eigenvalue weighted by Crippen LogP contribution is -2.31. The van der Waals surface area contributed by atoms with Crippen molar-refractivity contribution in [1.82, 2.24) is 0 Å². The molecule has 0 radical (unpaired) electrons. The molecule has 1 saturated carbocycles. The summed E-state index contributed by atoms with van der Waals surface area (Å²) in [7, 11) is 0. The fourth-order valence-electron chi connectivity index (χ4n) is 1.72. The standard InChI is InChI=1S/C8H16O2.C5H12O2.C2H6O2/c9-6-8(7-10)4-2-1-3-5-8;1-5(2,3-6)4-7;3-1-2-4/h9-10H,1-7H2;6-7H,3-4H2,1-2H3;3-4H,1-2H2. The lowest BCUT2D eigenvalue weighted by Gasteiger charge is -2.33. The maximum Gasteiger partial charge on any atom is 0.0662 e. The third-order valence-corrected chi connectivity index (χ3v) is 3.54. The van der Waals surface area contributed by atoms with Gasteiger partial charge in [-0.25, -0.2) is 0 Å². The second-order valence-electron chi connectivity index (χ2n) is 6.30. The van der Waals surface area contributed by atoms with Crippen molar-refractivity contribution in [3.63, 3.8) is 0 Å². The summed E-state index contributed by atoms with van der Waals surface area (Å²) in [4.78, 5) is 0. The minimum Gasteiger partial charge on any atom is -0.396 e. The van der Waals surface area contributed by atoms with Crippen LogP contribution >= 0.6 is 0 Å². The molecule has 1 aliphatic rings. The first-order valence-electron chi connectivity index (χ1n) is 7.52. The van der Waals surface area contributed by atoms with Crippen LogP contribution in [0.5, 0.6) is 0 Å². The lowest BCUT2D eigenvalue weighted by atomic mass is 9.75. The van der Waals surface area contributed by atoms with Crippen LogP contribution < -0.4 is 0 Å². The zero-order chi connectivity index (χ0) is 16.8. The van der Waals surface area contributed by atoms with E-state index in [0.29, 0.717) is 0 Å². The maximum absolute atomic E-state index is 8.98. The Kier molecular flexibility index (Phi) is 14.7. The predicted molar refractivity (Wildman–Crippen MR) is 81.8 cm³/mol. The molecule has 0 amide bonds. The molecule has 6 heteroatoms. The fourth-order valence-corrected chi connectivity index (χ4v) is 1.72. The van der Waals surface area contributed by atoms with Crippen molar-refractivity contribution in [2.75, 3.05) is 39.6 Å². The molecule has 6 N–H and O–H groups in total. The molecule has 1 fully saturated rings. The summed E-state index contributed by atoms with van der Waals surface area (Å²) in [5, 5.41) is 50.1. The van der Waals surface area contributed by atoms with Crippen molar-refractivity contribution in [1.29, 1.82) is 0 Å². The summed E-state index contributed by atoms with van der Waals surface area (Å²) in [5.41, 5.74) is -0.432. The third-order valence-electron chi connectivity index (χ3n) is 3.54. The van der Waals surface area contributed by atoms with Crippen molar-refractivity contribution in [3.05, 3.63) is 0 Å². The van der Waals surface area contributed by atoms with Crippen molar-refractivity contribution in [2.24, 2.45) is 10.8 Å². The van der Waals surface area contributed by atoms with E-state index in [-0.39, 0.29) is 50.5 Å². The largest absolute Gasteiger partial charge is 0.396 e. The van der Waals surface area contributed by atoms with Crippen LogP contribution in [0.4, 0.5) is 0 Å². The summed E-state index contributed by atoms with van der Waals surface area (Å²) in [6.45, 7) is 3.75. The van der Waals surface area contributed by atoms with Gasteiger partial charge in [-0.15, -0.1) is 0 Å². The Morgan fingerprint density at radius 3 is 1.24 bits per heavy atom. The van der Waals surface area contributed by atoms with E-state index in [1.165, 1.54) is 19.3 Å². The van der Waals surface area contributed by atoms with Gasteiger partial charge in [0.25, 0.3) is 0 Å². The smallest absolute Gasteiger partial charge is 0.0662 e. The van der Waals surface area contributed by atoms with Crippen LogP contribution in [-0.2, 0) is 0 Å². The first-order valence-corrected chi connectivity index (χ1v) is 7.52. The van der Waals surface area contributed by atoms with Gasteiger partial charge in [0.05, 0.1) is 39.6 Å². The Morgan fingerprint density at radius 1 is 0.714 bits per heavy atom. The molecule has 0 heterocycles. The van der Waals surface area contributed by atoms with E-state index in [9.17, 15) is 0 Å². The zero-order valence-corrected chi connectivity index (χ0v) is 13.5. The highest BCUT2D eigenvalue weighted by Crippen LogP contribution is 2.34. The van der Waals surface area contributed by atoms with Crippen molar-refractivity contribution >= 4 is 0 Å². The van der Waals surface area contributed by atoms with Gasteiger partial charge in [0.1, 0.15) is 0 Å². The molecule has 6 nitrogen and oxygen atoms in total. The van der Waals surface area contributed by atoms with E-state index in [1.54, 1.807) is 13.8 Å². The molecule has 0 atom stereocenters. The number of hydrogen-bond donors (Lipinski definition) is 6. The molecule has 21 heavy (non-hydrogen) atoms. The van der Waals surface area contributed by atoms with Gasteiger partial charge in [0, 0.05) is 10.8 Å². The van der Waals surface area contributed by atoms with Crippen LogP contribution in [0.15, 0.2) is 0 Å². The van der Waals surface area contributed by atoms with E-state index < -0.39 is 0 Å². The molecule has 0 unspecified atom stereocenters. The minimum absolute atomic E-state index is 0.0451. The van der Waals surface area contributed by atoms with Crippen LogP contribution in [0.1, 0.15) is 46.0 Å². The SMILES string of the molecule is CC(C)(CO)CO.OCC1(CO)CCCCC1.OCCO.